The third-order valence-corrected chi connectivity index (χ3v) is 3.49. The molecule has 0 aliphatic rings. The van der Waals surface area contributed by atoms with Gasteiger partial charge in [0.15, 0.2) is 0 Å². The summed E-state index contributed by atoms with van der Waals surface area (Å²) in [6.45, 7) is 0. The van der Waals surface area contributed by atoms with Gasteiger partial charge in [-0.05, 0) is 42.5 Å². The molecule has 4 nitrogen and oxygen atoms in total. The number of benzene rings is 2. The number of carbonyl (C=O) groups is 1. The second-order valence-corrected chi connectivity index (χ2v) is 4.95. The summed E-state index contributed by atoms with van der Waals surface area (Å²) < 4.78 is 0. The van der Waals surface area contributed by atoms with Gasteiger partial charge in [-0.1, -0.05) is 11.6 Å². The number of nitrogens with one attached hydrogen (secondary N) is 2. The van der Waals surface area contributed by atoms with Gasteiger partial charge in [-0.15, -0.1) is 0 Å². The number of fused-ring (bicyclic) bond motifs is 1. The van der Waals surface area contributed by atoms with E-state index in [9.17, 15) is 4.79 Å². The van der Waals surface area contributed by atoms with Crippen LogP contribution in [-0.4, -0.2) is 10.9 Å². The number of anilines is 1. The Morgan fingerprint density at radius 3 is 2.86 bits per heavy atom. The average Bonchev–Trinajstić information content (AvgIpc) is 2.96. The quantitative estimate of drug-likeness (QED) is 0.751. The van der Waals surface area contributed by atoms with Gasteiger partial charge in [-0.2, -0.15) is 5.26 Å². The molecule has 3 aromatic rings. The predicted octanol–water partition coefficient (Wildman–Crippen LogP) is 3.95. The van der Waals surface area contributed by atoms with Crippen LogP contribution in [0.15, 0.2) is 48.7 Å². The summed E-state index contributed by atoms with van der Waals surface area (Å²) in [5, 5.41) is 13.0. The van der Waals surface area contributed by atoms with Crippen LogP contribution in [0, 0.1) is 11.3 Å². The second-order valence-electron chi connectivity index (χ2n) is 4.54. The molecule has 102 valence electrons. The first-order valence-corrected chi connectivity index (χ1v) is 6.63. The highest BCUT2D eigenvalue weighted by Crippen LogP contribution is 2.24. The number of nitriles is 1. The lowest BCUT2D eigenvalue weighted by atomic mass is 10.1. The van der Waals surface area contributed by atoms with Crippen LogP contribution in [0.4, 0.5) is 5.69 Å². The van der Waals surface area contributed by atoms with Gasteiger partial charge >= 0.3 is 0 Å². The minimum atomic E-state index is -0.268. The van der Waals surface area contributed by atoms with Crippen molar-refractivity contribution < 1.29 is 4.79 Å². The largest absolute Gasteiger partial charge is 0.361 e. The van der Waals surface area contributed by atoms with Crippen molar-refractivity contribution in [3.8, 4) is 6.07 Å². The fourth-order valence-corrected chi connectivity index (χ4v) is 2.24. The van der Waals surface area contributed by atoms with Gasteiger partial charge in [0, 0.05) is 22.7 Å². The minimum Gasteiger partial charge on any atom is -0.361 e. The van der Waals surface area contributed by atoms with E-state index in [0.29, 0.717) is 21.8 Å². The van der Waals surface area contributed by atoms with Gasteiger partial charge in [-0.3, -0.25) is 4.79 Å². The molecule has 0 spiro atoms. The van der Waals surface area contributed by atoms with Gasteiger partial charge in [-0.25, -0.2) is 0 Å². The Labute approximate surface area is 126 Å². The molecule has 0 fully saturated rings. The Morgan fingerprint density at radius 1 is 1.19 bits per heavy atom. The molecule has 1 heterocycles. The Hall–Kier alpha value is -2.77. The van der Waals surface area contributed by atoms with E-state index in [1.165, 1.54) is 0 Å². The number of halogens is 1. The number of rotatable bonds is 2. The summed E-state index contributed by atoms with van der Waals surface area (Å²) in [6, 6.07) is 14.0. The van der Waals surface area contributed by atoms with E-state index in [4.69, 9.17) is 16.9 Å². The number of nitrogens with zero attached hydrogens (tertiary/aromatic N) is 1. The number of carbonyl (C=O) groups excluding carboxylic acids is 1. The lowest BCUT2D eigenvalue weighted by Crippen LogP contribution is -2.12. The summed E-state index contributed by atoms with van der Waals surface area (Å²) in [4.78, 5) is 15.3. The molecule has 0 atom stereocenters. The van der Waals surface area contributed by atoms with Crippen LogP contribution in [0.2, 0.25) is 5.02 Å². The van der Waals surface area contributed by atoms with Crippen molar-refractivity contribution in [3.63, 3.8) is 0 Å². The van der Waals surface area contributed by atoms with Gasteiger partial charge in [0.2, 0.25) is 0 Å². The molecular weight excluding hydrogens is 286 g/mol. The highest BCUT2D eigenvalue weighted by molar-refractivity contribution is 6.34. The molecule has 0 aliphatic heterocycles. The van der Waals surface area contributed by atoms with Crippen molar-refractivity contribution >= 4 is 34.1 Å². The van der Waals surface area contributed by atoms with Crippen LogP contribution in [0.5, 0.6) is 0 Å². The zero-order valence-corrected chi connectivity index (χ0v) is 11.6. The van der Waals surface area contributed by atoms with Crippen molar-refractivity contribution in [2.75, 3.05) is 5.32 Å². The van der Waals surface area contributed by atoms with E-state index in [-0.39, 0.29) is 5.91 Å². The van der Waals surface area contributed by atoms with Crippen molar-refractivity contribution in [1.82, 2.24) is 4.98 Å². The van der Waals surface area contributed by atoms with E-state index in [2.05, 4.69) is 10.3 Å². The maximum atomic E-state index is 12.3. The Balaban J connectivity index is 1.90. The molecule has 0 aliphatic carbocycles. The molecule has 1 aromatic heterocycles. The third kappa shape index (κ3) is 2.60. The van der Waals surface area contributed by atoms with Crippen molar-refractivity contribution in [2.24, 2.45) is 0 Å². The summed E-state index contributed by atoms with van der Waals surface area (Å²) in [5.41, 5.74) is 2.36. The van der Waals surface area contributed by atoms with Gasteiger partial charge in [0.1, 0.15) is 0 Å². The summed E-state index contributed by atoms with van der Waals surface area (Å²) in [5.74, 6) is -0.268. The van der Waals surface area contributed by atoms with E-state index in [0.717, 1.165) is 10.9 Å². The van der Waals surface area contributed by atoms with E-state index < -0.39 is 0 Å². The topological polar surface area (TPSA) is 68.7 Å². The van der Waals surface area contributed by atoms with Crippen LogP contribution in [0.3, 0.4) is 0 Å². The normalized spacial score (nSPS) is 10.3. The van der Waals surface area contributed by atoms with Crippen molar-refractivity contribution in [2.45, 2.75) is 0 Å². The fraction of sp³-hybridized carbons (Fsp3) is 0. The van der Waals surface area contributed by atoms with Crippen molar-refractivity contribution in [3.05, 3.63) is 64.8 Å². The highest BCUT2D eigenvalue weighted by atomic mass is 35.5. The predicted molar refractivity (Wildman–Crippen MR) is 82.4 cm³/mol. The lowest BCUT2D eigenvalue weighted by molar-refractivity contribution is 0.102. The van der Waals surface area contributed by atoms with Crippen LogP contribution in [0.25, 0.3) is 10.9 Å². The SMILES string of the molecule is N#Cc1ccc(Cl)c(NC(=O)c2ccc3[nH]ccc3c2)c1. The summed E-state index contributed by atoms with van der Waals surface area (Å²) >= 11 is 6.03. The molecule has 0 radical (unpaired) electrons. The molecule has 0 bridgehead atoms. The maximum Gasteiger partial charge on any atom is 0.255 e. The van der Waals surface area contributed by atoms with E-state index in [1.807, 2.05) is 24.4 Å². The smallest absolute Gasteiger partial charge is 0.255 e. The number of hydrogen-bond donors (Lipinski definition) is 2. The maximum absolute atomic E-state index is 12.3. The van der Waals surface area contributed by atoms with Gasteiger partial charge in [0.05, 0.1) is 22.3 Å². The number of aromatic amines is 1. The average molecular weight is 296 g/mol. The minimum absolute atomic E-state index is 0.268. The van der Waals surface area contributed by atoms with Crippen LogP contribution in [0.1, 0.15) is 15.9 Å². The second kappa shape index (κ2) is 5.31. The first kappa shape index (κ1) is 13.2. The van der Waals surface area contributed by atoms with Crippen LogP contribution >= 0.6 is 11.6 Å². The molecule has 0 unspecified atom stereocenters. The number of H-pyrrole nitrogens is 1. The molecule has 21 heavy (non-hydrogen) atoms. The summed E-state index contributed by atoms with van der Waals surface area (Å²) in [6.07, 6.45) is 1.82. The molecule has 2 N–H and O–H groups in total. The molecule has 3 rings (SSSR count). The first-order valence-electron chi connectivity index (χ1n) is 6.25. The van der Waals surface area contributed by atoms with Gasteiger partial charge < -0.3 is 10.3 Å². The van der Waals surface area contributed by atoms with E-state index >= 15 is 0 Å². The molecule has 5 heteroatoms. The molecular formula is C16H10ClN3O. The van der Waals surface area contributed by atoms with Crippen molar-refractivity contribution in [1.29, 1.82) is 5.26 Å². The number of amides is 1. The zero-order valence-electron chi connectivity index (χ0n) is 10.9. The number of hydrogen-bond acceptors (Lipinski definition) is 2. The third-order valence-electron chi connectivity index (χ3n) is 3.16. The fourth-order valence-electron chi connectivity index (χ4n) is 2.08. The molecule has 2 aromatic carbocycles. The van der Waals surface area contributed by atoms with E-state index in [1.54, 1.807) is 30.3 Å². The van der Waals surface area contributed by atoms with Crippen LogP contribution in [-0.2, 0) is 0 Å². The van der Waals surface area contributed by atoms with Gasteiger partial charge in [0.25, 0.3) is 5.91 Å². The zero-order chi connectivity index (χ0) is 14.8. The molecule has 0 saturated heterocycles. The molecule has 0 saturated carbocycles. The monoisotopic (exact) mass is 295 g/mol. The highest BCUT2D eigenvalue weighted by Gasteiger charge is 2.10. The lowest BCUT2D eigenvalue weighted by Gasteiger charge is -2.07. The Morgan fingerprint density at radius 2 is 2.05 bits per heavy atom. The Kier molecular flexibility index (Phi) is 3.35. The van der Waals surface area contributed by atoms with Crippen LogP contribution < -0.4 is 5.32 Å². The first-order chi connectivity index (χ1) is 10.2. The molecule has 1 amide bonds. The Bertz CT molecular complexity index is 877. The standard InChI is InChI=1S/C16H10ClN3O/c17-13-3-1-10(9-18)7-15(13)20-16(21)12-2-4-14-11(8-12)5-6-19-14/h1-8,19H,(H,20,21). The number of aromatic nitrogens is 1. The summed E-state index contributed by atoms with van der Waals surface area (Å²) in [7, 11) is 0.